The van der Waals surface area contributed by atoms with Crippen molar-refractivity contribution in [1.29, 1.82) is 0 Å². The van der Waals surface area contributed by atoms with Crippen molar-refractivity contribution in [1.82, 2.24) is 0 Å². The van der Waals surface area contributed by atoms with Crippen molar-refractivity contribution in [3.63, 3.8) is 0 Å². The fraction of sp³-hybridized carbons (Fsp3) is 0.481. The number of aliphatic hydroxyl groups excluding tert-OH is 1. The van der Waals surface area contributed by atoms with Crippen molar-refractivity contribution < 1.29 is 14.6 Å². The molecule has 1 unspecified atom stereocenters. The van der Waals surface area contributed by atoms with Crippen LogP contribution in [-0.4, -0.2) is 22.5 Å². The highest BCUT2D eigenvalue weighted by atomic mass is 19.1. The Morgan fingerprint density at radius 1 is 1.13 bits per heavy atom. The van der Waals surface area contributed by atoms with Crippen molar-refractivity contribution in [3.05, 3.63) is 77.4 Å². The summed E-state index contributed by atoms with van der Waals surface area (Å²) in [6.07, 6.45) is 0.487. The predicted molar refractivity (Wildman–Crippen MR) is 117 cm³/mol. The Hall–Kier alpha value is -2.13. The zero-order chi connectivity index (χ0) is 21.2. The number of aliphatic hydroxyl groups is 1. The number of rotatable bonds is 2. The van der Waals surface area contributed by atoms with Crippen LogP contribution in [0.5, 0.6) is 5.75 Å². The van der Waals surface area contributed by atoms with Gasteiger partial charge in [-0.05, 0) is 78.2 Å². The van der Waals surface area contributed by atoms with Gasteiger partial charge in [0.2, 0.25) is 0 Å². The number of hydrogen-bond acceptors (Lipinski definition) is 2. The van der Waals surface area contributed by atoms with Crippen LogP contribution in [0.1, 0.15) is 55.2 Å². The Bertz CT molecular complexity index is 970. The second-order valence-corrected chi connectivity index (χ2v) is 10.3. The van der Waals surface area contributed by atoms with Crippen LogP contribution in [0.15, 0.2) is 60.7 Å². The number of fused-ring (bicyclic) bond motifs is 5. The van der Waals surface area contributed by atoms with Crippen LogP contribution in [-0.2, 0) is 6.42 Å². The highest BCUT2D eigenvalue weighted by molar-refractivity contribution is 5.44. The van der Waals surface area contributed by atoms with Crippen LogP contribution in [0.3, 0.4) is 0 Å². The van der Waals surface area contributed by atoms with Gasteiger partial charge in [0.15, 0.2) is 0 Å². The molecule has 2 nitrogen and oxygen atoms in total. The van der Waals surface area contributed by atoms with E-state index in [9.17, 15) is 10.2 Å². The number of phenolic OH excluding ortho intramolecular Hbond substituents is 1. The largest absolute Gasteiger partial charge is 0.508 e. The number of hydrogen-bond donors (Lipinski definition) is 2. The molecule has 2 saturated carbocycles. The van der Waals surface area contributed by atoms with E-state index in [1.54, 1.807) is 6.07 Å². The molecule has 0 radical (unpaired) electrons. The molecule has 2 N–H and O–H groups in total. The summed E-state index contributed by atoms with van der Waals surface area (Å²) in [5, 5.41) is 21.1. The molecule has 3 aliphatic rings. The maximum atomic E-state index is 16.0. The summed E-state index contributed by atoms with van der Waals surface area (Å²) < 4.78 is 16.0. The van der Waals surface area contributed by atoms with Gasteiger partial charge in [0, 0.05) is 11.8 Å². The molecule has 2 aromatic carbocycles. The molecule has 8 atom stereocenters. The first kappa shape index (κ1) is 19.8. The van der Waals surface area contributed by atoms with Gasteiger partial charge in [-0.2, -0.15) is 0 Å². The number of aromatic hydroxyl groups is 1. The lowest BCUT2D eigenvalue weighted by Crippen LogP contribution is -2.50. The van der Waals surface area contributed by atoms with Crippen molar-refractivity contribution in [3.8, 4) is 5.75 Å². The third-order valence-electron chi connectivity index (χ3n) is 8.35. The summed E-state index contributed by atoms with van der Waals surface area (Å²) in [4.78, 5) is 0. The quantitative estimate of drug-likeness (QED) is 0.623. The predicted octanol–water partition coefficient (Wildman–Crippen LogP) is 5.75. The second kappa shape index (κ2) is 6.95. The Morgan fingerprint density at radius 2 is 1.87 bits per heavy atom. The number of alkyl halides is 1. The first-order valence-electron chi connectivity index (χ1n) is 11.1. The van der Waals surface area contributed by atoms with Gasteiger partial charge in [0.1, 0.15) is 11.9 Å². The van der Waals surface area contributed by atoms with Gasteiger partial charge < -0.3 is 10.2 Å². The lowest BCUT2D eigenvalue weighted by molar-refractivity contribution is -0.0206. The number of benzene rings is 2. The Labute approximate surface area is 178 Å². The van der Waals surface area contributed by atoms with Crippen molar-refractivity contribution in [2.24, 2.45) is 23.2 Å². The summed E-state index contributed by atoms with van der Waals surface area (Å²) in [7, 11) is 0. The van der Waals surface area contributed by atoms with Crippen LogP contribution in [0.2, 0.25) is 0 Å². The Morgan fingerprint density at radius 3 is 2.57 bits per heavy atom. The van der Waals surface area contributed by atoms with E-state index in [0.717, 1.165) is 23.1 Å². The molecule has 3 aliphatic carbocycles. The minimum absolute atomic E-state index is 0.000114. The van der Waals surface area contributed by atoms with Crippen molar-refractivity contribution in [2.45, 2.75) is 57.2 Å². The molecule has 0 saturated heterocycles. The first-order valence-corrected chi connectivity index (χ1v) is 11.1. The van der Waals surface area contributed by atoms with Gasteiger partial charge in [-0.3, -0.25) is 0 Å². The molecule has 2 fully saturated rings. The monoisotopic (exact) mass is 406 g/mol. The molecule has 0 spiro atoms. The van der Waals surface area contributed by atoms with Crippen LogP contribution in [0, 0.1) is 23.2 Å². The summed E-state index contributed by atoms with van der Waals surface area (Å²) in [6, 6.07) is 15.9. The molecule has 30 heavy (non-hydrogen) atoms. The molecular formula is C27H31FO2. The molecule has 0 aliphatic heterocycles. The maximum absolute atomic E-state index is 16.0. The first-order chi connectivity index (χ1) is 14.3. The molecular weight excluding hydrogens is 375 g/mol. The summed E-state index contributed by atoms with van der Waals surface area (Å²) in [5.74, 6) is 0.461. The number of halogens is 1. The highest BCUT2D eigenvalue weighted by Gasteiger charge is 2.62. The maximum Gasteiger partial charge on any atom is 0.115 e. The molecule has 0 heterocycles. The van der Waals surface area contributed by atoms with E-state index in [2.05, 4.69) is 37.8 Å². The van der Waals surface area contributed by atoms with Gasteiger partial charge in [-0.25, -0.2) is 4.39 Å². The van der Waals surface area contributed by atoms with Gasteiger partial charge in [-0.1, -0.05) is 55.5 Å². The average Bonchev–Trinajstić information content (AvgIpc) is 2.97. The van der Waals surface area contributed by atoms with E-state index in [1.165, 1.54) is 5.56 Å². The van der Waals surface area contributed by atoms with Gasteiger partial charge in [0.25, 0.3) is 0 Å². The summed E-state index contributed by atoms with van der Waals surface area (Å²) >= 11 is 0. The fourth-order valence-corrected chi connectivity index (χ4v) is 7.42. The van der Waals surface area contributed by atoms with Crippen molar-refractivity contribution in [2.75, 3.05) is 0 Å². The minimum Gasteiger partial charge on any atom is -0.508 e. The normalized spacial score (nSPS) is 39.7. The van der Waals surface area contributed by atoms with E-state index < -0.39 is 12.3 Å². The molecule has 0 amide bonds. The topological polar surface area (TPSA) is 40.5 Å². The zero-order valence-corrected chi connectivity index (χ0v) is 17.8. The third-order valence-corrected chi connectivity index (χ3v) is 8.35. The molecule has 2 aromatic rings. The van der Waals surface area contributed by atoms with Gasteiger partial charge in [-0.15, -0.1) is 0 Å². The van der Waals surface area contributed by atoms with Gasteiger partial charge in [0.05, 0.1) is 6.10 Å². The third kappa shape index (κ3) is 2.85. The van der Waals surface area contributed by atoms with Crippen LogP contribution in [0.4, 0.5) is 4.39 Å². The summed E-state index contributed by atoms with van der Waals surface area (Å²) in [5.41, 5.74) is 4.10. The summed E-state index contributed by atoms with van der Waals surface area (Å²) in [6.45, 7) is 8.43. The molecule has 158 valence electrons. The fourth-order valence-electron chi connectivity index (χ4n) is 7.42. The molecule has 0 bridgehead atoms. The van der Waals surface area contributed by atoms with E-state index in [1.807, 2.05) is 25.1 Å². The number of phenols is 1. The lowest BCUT2D eigenvalue weighted by atomic mass is 9.50. The SMILES string of the molecule is C=C(C)C1[C@@H](O)C[C@@]2(C)C[C@H](F)[C@@H]3c4ccc(O)cc4C[C@@H](c4ccccc4)[C@H]3[C@H]12. The van der Waals surface area contributed by atoms with Crippen LogP contribution >= 0.6 is 0 Å². The standard InChI is InChI=1S/C27H31FO2/c1-15(2)23-22(30)14-27(3)13-21(28)24-19-10-9-18(29)11-17(19)12-20(25(24)26(23)27)16-7-5-4-6-8-16/h4-11,20-26,29-30H,1,12-14H2,2-3H3/t20-,21-,22-,23?,24-,25+,26-,27+/m0/s1. The molecule has 0 aromatic heterocycles. The van der Waals surface area contributed by atoms with Crippen LogP contribution in [0.25, 0.3) is 0 Å². The lowest BCUT2D eigenvalue weighted by Gasteiger charge is -2.55. The Balaban J connectivity index is 1.72. The van der Waals surface area contributed by atoms with E-state index in [0.29, 0.717) is 12.8 Å². The smallest absolute Gasteiger partial charge is 0.115 e. The highest BCUT2D eigenvalue weighted by Crippen LogP contribution is 2.66. The average molecular weight is 407 g/mol. The van der Waals surface area contributed by atoms with Crippen LogP contribution < -0.4 is 0 Å². The molecule has 5 rings (SSSR count). The van der Waals surface area contributed by atoms with E-state index >= 15 is 4.39 Å². The van der Waals surface area contributed by atoms with E-state index in [4.69, 9.17) is 0 Å². The second-order valence-electron chi connectivity index (χ2n) is 10.3. The van der Waals surface area contributed by atoms with Gasteiger partial charge >= 0.3 is 0 Å². The zero-order valence-electron chi connectivity index (χ0n) is 17.8. The van der Waals surface area contributed by atoms with E-state index in [-0.39, 0.29) is 40.8 Å². The van der Waals surface area contributed by atoms with Crippen molar-refractivity contribution >= 4 is 0 Å². The Kier molecular flexibility index (Phi) is 4.59. The molecule has 3 heteroatoms. The minimum atomic E-state index is -0.956.